The van der Waals surface area contributed by atoms with Crippen molar-refractivity contribution in [2.24, 2.45) is 0 Å². The quantitative estimate of drug-likeness (QED) is 0.468. The Morgan fingerprint density at radius 1 is 0.870 bits per heavy atom. The third-order valence-electron chi connectivity index (χ3n) is 3.92. The van der Waals surface area contributed by atoms with E-state index in [0.29, 0.717) is 16.4 Å². The van der Waals surface area contributed by atoms with Crippen molar-refractivity contribution >= 4 is 28.2 Å². The van der Waals surface area contributed by atoms with E-state index in [2.05, 4.69) is 0 Å². The Balaban J connectivity index is 2.16. The predicted molar refractivity (Wildman–Crippen MR) is 84.5 cm³/mol. The highest BCUT2D eigenvalue weighted by molar-refractivity contribution is 6.12. The van der Waals surface area contributed by atoms with Crippen molar-refractivity contribution in [1.29, 1.82) is 0 Å². The van der Waals surface area contributed by atoms with Crippen molar-refractivity contribution in [3.8, 4) is 11.1 Å². The Kier molecular flexibility index (Phi) is 2.98. The molecule has 0 radical (unpaired) electrons. The van der Waals surface area contributed by atoms with Crippen molar-refractivity contribution in [3.63, 3.8) is 0 Å². The zero-order chi connectivity index (χ0) is 16.0. The van der Waals surface area contributed by atoms with Crippen molar-refractivity contribution in [3.05, 3.63) is 71.8 Å². The van der Waals surface area contributed by atoms with E-state index in [1.165, 1.54) is 0 Å². The van der Waals surface area contributed by atoms with Crippen LogP contribution in [0.2, 0.25) is 0 Å². The molecule has 0 fully saturated rings. The number of furan rings is 1. The lowest BCUT2D eigenvalue weighted by Gasteiger charge is -2.01. The standard InChI is InChI=1S/C19H10F2O2/c20-16-9-14-13-8-4-7-12(11-5-2-1-3-6-11)18(13)23-19(14)15(10-22)17(16)21/h1-10H. The van der Waals surface area contributed by atoms with Crippen LogP contribution in [0.15, 0.2) is 59.0 Å². The molecule has 23 heavy (non-hydrogen) atoms. The number of rotatable bonds is 2. The highest BCUT2D eigenvalue weighted by Crippen LogP contribution is 2.37. The van der Waals surface area contributed by atoms with Crippen LogP contribution in [0.25, 0.3) is 33.1 Å². The van der Waals surface area contributed by atoms with Crippen LogP contribution in [0.3, 0.4) is 0 Å². The fourth-order valence-electron chi connectivity index (χ4n) is 2.85. The van der Waals surface area contributed by atoms with Crippen molar-refractivity contribution < 1.29 is 18.0 Å². The van der Waals surface area contributed by atoms with Crippen LogP contribution in [0.1, 0.15) is 10.4 Å². The summed E-state index contributed by atoms with van der Waals surface area (Å²) in [6, 6.07) is 16.1. The molecule has 4 rings (SSSR count). The van der Waals surface area contributed by atoms with E-state index in [-0.39, 0.29) is 11.9 Å². The molecule has 112 valence electrons. The number of carbonyl (C=O) groups is 1. The van der Waals surface area contributed by atoms with Gasteiger partial charge in [0.05, 0.1) is 5.56 Å². The molecule has 0 N–H and O–H groups in total. The average molecular weight is 308 g/mol. The highest BCUT2D eigenvalue weighted by Gasteiger charge is 2.20. The molecule has 0 bridgehead atoms. The van der Waals surface area contributed by atoms with Gasteiger partial charge in [0.1, 0.15) is 11.2 Å². The van der Waals surface area contributed by atoms with Crippen LogP contribution < -0.4 is 0 Å². The van der Waals surface area contributed by atoms with E-state index in [4.69, 9.17) is 4.42 Å². The Morgan fingerprint density at radius 3 is 2.39 bits per heavy atom. The van der Waals surface area contributed by atoms with Gasteiger partial charge in [0, 0.05) is 16.3 Å². The largest absolute Gasteiger partial charge is 0.455 e. The fourth-order valence-corrected chi connectivity index (χ4v) is 2.85. The molecule has 0 spiro atoms. The van der Waals surface area contributed by atoms with E-state index in [0.717, 1.165) is 17.2 Å². The summed E-state index contributed by atoms with van der Waals surface area (Å²) in [5.74, 6) is -2.25. The van der Waals surface area contributed by atoms with Crippen molar-refractivity contribution in [2.75, 3.05) is 0 Å². The van der Waals surface area contributed by atoms with Gasteiger partial charge in [0.2, 0.25) is 0 Å². The third kappa shape index (κ3) is 1.95. The second-order valence-corrected chi connectivity index (χ2v) is 5.23. The first kappa shape index (κ1) is 13.6. The summed E-state index contributed by atoms with van der Waals surface area (Å²) < 4.78 is 33.3. The summed E-state index contributed by atoms with van der Waals surface area (Å²) in [6.45, 7) is 0. The minimum atomic E-state index is -1.19. The topological polar surface area (TPSA) is 30.2 Å². The Labute approximate surface area is 130 Å². The number of para-hydroxylation sites is 1. The molecule has 0 atom stereocenters. The number of hydrogen-bond acceptors (Lipinski definition) is 2. The van der Waals surface area contributed by atoms with Crippen LogP contribution in [0.5, 0.6) is 0 Å². The van der Waals surface area contributed by atoms with Gasteiger partial charge < -0.3 is 4.42 Å². The van der Waals surface area contributed by atoms with Crippen molar-refractivity contribution in [2.45, 2.75) is 0 Å². The maximum Gasteiger partial charge on any atom is 0.173 e. The Hall–Kier alpha value is -3.01. The van der Waals surface area contributed by atoms with Gasteiger partial charge in [-0.05, 0) is 11.6 Å². The first-order chi connectivity index (χ1) is 11.2. The van der Waals surface area contributed by atoms with Gasteiger partial charge in [-0.2, -0.15) is 0 Å². The number of aldehydes is 1. The molecule has 1 heterocycles. The van der Waals surface area contributed by atoms with Crippen LogP contribution in [0.4, 0.5) is 8.78 Å². The molecule has 0 aliphatic rings. The van der Waals surface area contributed by atoms with Gasteiger partial charge in [0.25, 0.3) is 0 Å². The van der Waals surface area contributed by atoms with E-state index in [9.17, 15) is 13.6 Å². The van der Waals surface area contributed by atoms with Crippen LogP contribution in [-0.2, 0) is 0 Å². The number of carbonyl (C=O) groups excluding carboxylic acids is 1. The zero-order valence-corrected chi connectivity index (χ0v) is 11.8. The lowest BCUT2D eigenvalue weighted by molar-refractivity contribution is 0.111. The molecule has 0 aliphatic heterocycles. The van der Waals surface area contributed by atoms with Gasteiger partial charge in [-0.15, -0.1) is 0 Å². The minimum Gasteiger partial charge on any atom is -0.455 e. The highest BCUT2D eigenvalue weighted by atomic mass is 19.2. The van der Waals surface area contributed by atoms with Crippen molar-refractivity contribution in [1.82, 2.24) is 0 Å². The average Bonchev–Trinajstić information content (AvgIpc) is 2.95. The fraction of sp³-hybridized carbons (Fsp3) is 0. The first-order valence-corrected chi connectivity index (χ1v) is 7.04. The monoisotopic (exact) mass is 308 g/mol. The second kappa shape index (κ2) is 5.02. The molecule has 2 nitrogen and oxygen atoms in total. The number of halogens is 2. The molecular weight excluding hydrogens is 298 g/mol. The molecule has 4 heteroatoms. The van der Waals surface area contributed by atoms with E-state index < -0.39 is 17.2 Å². The molecule has 0 saturated heterocycles. The maximum absolute atomic E-state index is 13.8. The molecule has 1 aromatic heterocycles. The van der Waals surface area contributed by atoms with Gasteiger partial charge in [0.15, 0.2) is 17.9 Å². The normalized spacial score (nSPS) is 11.2. The summed E-state index contributed by atoms with van der Waals surface area (Å²) in [5, 5.41) is 1.03. The minimum absolute atomic E-state index is 0.0669. The summed E-state index contributed by atoms with van der Waals surface area (Å²) >= 11 is 0. The smallest absolute Gasteiger partial charge is 0.173 e. The lowest BCUT2D eigenvalue weighted by Crippen LogP contribution is -1.92. The van der Waals surface area contributed by atoms with E-state index in [1.807, 2.05) is 42.5 Å². The van der Waals surface area contributed by atoms with E-state index in [1.54, 1.807) is 6.07 Å². The Bertz CT molecular complexity index is 1050. The number of hydrogen-bond donors (Lipinski definition) is 0. The van der Waals surface area contributed by atoms with Crippen LogP contribution >= 0.6 is 0 Å². The molecular formula is C19H10F2O2. The number of benzene rings is 3. The summed E-state index contributed by atoms with van der Waals surface area (Å²) in [6.07, 6.45) is 0.283. The molecule has 4 aromatic rings. The molecule has 0 saturated carbocycles. The molecule has 0 amide bonds. The second-order valence-electron chi connectivity index (χ2n) is 5.23. The molecule has 3 aromatic carbocycles. The number of fused-ring (bicyclic) bond motifs is 3. The van der Waals surface area contributed by atoms with Gasteiger partial charge in [-0.3, -0.25) is 4.79 Å². The van der Waals surface area contributed by atoms with Gasteiger partial charge in [-0.25, -0.2) is 8.78 Å². The van der Waals surface area contributed by atoms with Gasteiger partial charge in [-0.1, -0.05) is 48.5 Å². The van der Waals surface area contributed by atoms with Crippen LogP contribution in [0, 0.1) is 11.6 Å². The molecule has 0 unspecified atom stereocenters. The third-order valence-corrected chi connectivity index (χ3v) is 3.92. The summed E-state index contributed by atoms with van der Waals surface area (Å²) in [7, 11) is 0. The Morgan fingerprint density at radius 2 is 1.65 bits per heavy atom. The lowest BCUT2D eigenvalue weighted by atomic mass is 10.0. The molecule has 0 aliphatic carbocycles. The first-order valence-electron chi connectivity index (χ1n) is 7.04. The van der Waals surface area contributed by atoms with Crippen LogP contribution in [-0.4, -0.2) is 6.29 Å². The van der Waals surface area contributed by atoms with E-state index >= 15 is 0 Å². The zero-order valence-electron chi connectivity index (χ0n) is 11.8. The summed E-state index contributed by atoms with van der Waals surface area (Å²) in [5.41, 5.74) is 1.90. The SMILES string of the molecule is O=Cc1c(F)c(F)cc2c1oc1c(-c3ccccc3)cccc12. The predicted octanol–water partition coefficient (Wildman–Crippen LogP) is 5.34. The van der Waals surface area contributed by atoms with Gasteiger partial charge >= 0.3 is 0 Å². The maximum atomic E-state index is 13.8. The summed E-state index contributed by atoms with van der Waals surface area (Å²) in [4.78, 5) is 11.2.